The van der Waals surface area contributed by atoms with E-state index in [0.717, 1.165) is 20.6 Å². The lowest BCUT2D eigenvalue weighted by Gasteiger charge is -2.08. The van der Waals surface area contributed by atoms with Crippen molar-refractivity contribution < 1.29 is 9.59 Å². The Morgan fingerprint density at radius 1 is 0.865 bits per heavy atom. The Morgan fingerprint density at radius 3 is 1.95 bits per heavy atom. The molecule has 0 aromatic carbocycles. The van der Waals surface area contributed by atoms with Gasteiger partial charge in [-0.3, -0.25) is 9.59 Å². The zero-order valence-corrected chi connectivity index (χ0v) is 24.8. The maximum atomic E-state index is 11.6. The zero-order valence-electron chi connectivity index (χ0n) is 20.1. The van der Waals surface area contributed by atoms with Crippen LogP contribution in [0.1, 0.15) is 32.1 Å². The van der Waals surface area contributed by atoms with Crippen molar-refractivity contribution in [2.45, 2.75) is 13.8 Å². The number of nitrogens with zero attached hydrogens (tertiary/aromatic N) is 4. The largest absolute Gasteiger partial charge is 0.398 e. The smallest absolute Gasteiger partial charge is 0.272 e. The number of nitrogens with one attached hydrogen (secondary N) is 3. The second-order valence-corrected chi connectivity index (χ2v) is 10.8. The maximum Gasteiger partial charge on any atom is 0.272 e. The molecule has 5 N–H and O–H groups in total. The first-order chi connectivity index (χ1) is 17.6. The molecule has 0 saturated carbocycles. The molecule has 0 aliphatic carbocycles. The number of anilines is 3. The van der Waals surface area contributed by atoms with Crippen molar-refractivity contribution in [3.05, 3.63) is 72.2 Å². The van der Waals surface area contributed by atoms with E-state index < -0.39 is 0 Å². The number of thiazole rings is 2. The van der Waals surface area contributed by atoms with Crippen LogP contribution in [0.4, 0.5) is 16.4 Å². The van der Waals surface area contributed by atoms with E-state index in [-0.39, 0.29) is 11.8 Å². The minimum absolute atomic E-state index is 0.159. The van der Waals surface area contributed by atoms with E-state index in [2.05, 4.69) is 51.8 Å². The summed E-state index contributed by atoms with van der Waals surface area (Å²) >= 11 is 17.3. The molecular weight excluding hydrogens is 623 g/mol. The monoisotopic (exact) mass is 644 g/mol. The van der Waals surface area contributed by atoms with Crippen LogP contribution in [-0.2, 0) is 0 Å². The number of aryl methyl sites for hydroxylation is 2. The molecule has 0 radical (unpaired) electrons. The number of rotatable bonds is 4. The Kier molecular flexibility index (Phi) is 12.1. The van der Waals surface area contributed by atoms with Crippen LogP contribution in [0.5, 0.6) is 0 Å². The number of pyridine rings is 2. The van der Waals surface area contributed by atoms with Gasteiger partial charge in [0.1, 0.15) is 19.1 Å². The van der Waals surface area contributed by atoms with Crippen LogP contribution in [0.25, 0.3) is 0 Å². The number of hydrogen-bond donors (Lipinski definition) is 4. The lowest BCUT2D eigenvalue weighted by molar-refractivity contribution is 0.0951. The van der Waals surface area contributed by atoms with Crippen molar-refractivity contribution in [1.82, 2.24) is 30.6 Å². The first-order valence-corrected chi connectivity index (χ1v) is 13.6. The molecule has 4 rings (SSSR count). The zero-order chi connectivity index (χ0) is 27.5. The highest BCUT2D eigenvalue weighted by atomic mass is 79.9. The fourth-order valence-corrected chi connectivity index (χ4v) is 4.44. The van der Waals surface area contributed by atoms with Crippen LogP contribution in [0.2, 0.25) is 10.3 Å². The van der Waals surface area contributed by atoms with Crippen LogP contribution >= 0.6 is 61.8 Å². The van der Waals surface area contributed by atoms with Crippen molar-refractivity contribution in [2.75, 3.05) is 25.1 Å². The topological polar surface area (TPSA) is 148 Å². The molecule has 2 amide bonds. The predicted octanol–water partition coefficient (Wildman–Crippen LogP) is 5.49. The van der Waals surface area contributed by atoms with Crippen LogP contribution in [-0.4, -0.2) is 45.8 Å². The molecule has 196 valence electrons. The molecule has 0 unspecified atom stereocenters. The summed E-state index contributed by atoms with van der Waals surface area (Å²) in [6, 6.07) is 3.35. The van der Waals surface area contributed by atoms with Gasteiger partial charge in [0, 0.05) is 37.9 Å². The molecule has 4 heterocycles. The quantitative estimate of drug-likeness (QED) is 0.213. The minimum atomic E-state index is -0.225. The van der Waals surface area contributed by atoms with E-state index in [1.807, 2.05) is 13.8 Å². The normalized spacial score (nSPS) is 9.81. The van der Waals surface area contributed by atoms with Crippen molar-refractivity contribution >= 4 is 90.0 Å². The van der Waals surface area contributed by atoms with Crippen LogP contribution in [0, 0.1) is 13.8 Å². The van der Waals surface area contributed by atoms with Gasteiger partial charge in [0.15, 0.2) is 11.4 Å². The third kappa shape index (κ3) is 9.20. The van der Waals surface area contributed by atoms with E-state index in [1.165, 1.54) is 22.7 Å². The number of nitrogens with two attached hydrogens (primary N) is 1. The first-order valence-electron chi connectivity index (χ1n) is 10.3. The minimum Gasteiger partial charge on any atom is -0.398 e. The summed E-state index contributed by atoms with van der Waals surface area (Å²) < 4.78 is 0.770. The Bertz CT molecular complexity index is 1370. The molecule has 0 spiro atoms. The molecule has 10 nitrogen and oxygen atoms in total. The Hall–Kier alpha value is -2.84. The Labute approximate surface area is 240 Å². The van der Waals surface area contributed by atoms with E-state index in [4.69, 9.17) is 28.9 Å². The molecule has 37 heavy (non-hydrogen) atoms. The van der Waals surface area contributed by atoms with E-state index >= 15 is 0 Å². The van der Waals surface area contributed by atoms with Gasteiger partial charge in [-0.1, -0.05) is 23.2 Å². The predicted molar refractivity (Wildman–Crippen MR) is 154 cm³/mol. The molecule has 0 bridgehead atoms. The third-order valence-electron chi connectivity index (χ3n) is 4.41. The number of halogens is 3. The average Bonchev–Trinajstić information content (AvgIpc) is 3.52. The highest BCUT2D eigenvalue weighted by Crippen LogP contribution is 2.27. The molecule has 0 atom stereocenters. The molecule has 4 aromatic rings. The lowest BCUT2D eigenvalue weighted by Crippen LogP contribution is -2.19. The summed E-state index contributed by atoms with van der Waals surface area (Å²) in [6.07, 6.45) is 3.32. The van der Waals surface area contributed by atoms with Crippen LogP contribution < -0.4 is 21.7 Å². The van der Waals surface area contributed by atoms with Gasteiger partial charge < -0.3 is 21.7 Å². The van der Waals surface area contributed by atoms with Crippen molar-refractivity contribution in [1.29, 1.82) is 0 Å². The Morgan fingerprint density at radius 2 is 1.41 bits per heavy atom. The summed E-state index contributed by atoms with van der Waals surface area (Å²) in [6.45, 7) is 3.80. The number of carbonyl (C=O) groups is 2. The second-order valence-electron chi connectivity index (χ2n) is 6.97. The van der Waals surface area contributed by atoms with Crippen molar-refractivity contribution in [3.63, 3.8) is 0 Å². The summed E-state index contributed by atoms with van der Waals surface area (Å²) in [7, 11) is 3.15. The van der Waals surface area contributed by atoms with Crippen molar-refractivity contribution in [2.24, 2.45) is 0 Å². The number of hydrogen-bond acceptors (Lipinski definition) is 10. The molecule has 0 aliphatic rings. The van der Waals surface area contributed by atoms with Gasteiger partial charge in [-0.15, -0.1) is 22.7 Å². The van der Waals surface area contributed by atoms with E-state index in [9.17, 15) is 9.59 Å². The number of nitrogen functional groups attached to an aromatic ring is 1. The standard InChI is InChI=1S/C11H11ClN4OS.C6H7ClN2.C5H5BrN2OS/c1-6-4-14-8(12)3-7(6)16-11-9(10(17)13-2)15-5-18-11;1-4-3-9-6(7)2-5(4)8;1-7-5(9)3-4(6)10-2-8-3/h3-5H,1-2H3,(H,13,17)(H,14,16);2-3H,1H3,(H2,8,9);2H,1H3,(H,7,9). The van der Waals surface area contributed by atoms with Gasteiger partial charge in [-0.25, -0.2) is 19.9 Å². The summed E-state index contributed by atoms with van der Waals surface area (Å²) in [4.78, 5) is 38.2. The van der Waals surface area contributed by atoms with Gasteiger partial charge in [0.25, 0.3) is 11.8 Å². The van der Waals surface area contributed by atoms with E-state index in [1.54, 1.807) is 49.6 Å². The van der Waals surface area contributed by atoms with Gasteiger partial charge >= 0.3 is 0 Å². The first kappa shape index (κ1) is 30.4. The fourth-order valence-electron chi connectivity index (χ4n) is 2.38. The summed E-state index contributed by atoms with van der Waals surface area (Å²) in [5, 5.41) is 9.70. The van der Waals surface area contributed by atoms with Crippen LogP contribution in [0.15, 0.2) is 39.3 Å². The lowest BCUT2D eigenvalue weighted by atomic mass is 10.2. The van der Waals surface area contributed by atoms with Crippen LogP contribution in [0.3, 0.4) is 0 Å². The highest BCUT2D eigenvalue weighted by molar-refractivity contribution is 9.11. The van der Waals surface area contributed by atoms with Crippen molar-refractivity contribution in [3.8, 4) is 0 Å². The maximum absolute atomic E-state index is 11.6. The van der Waals surface area contributed by atoms with Gasteiger partial charge in [0.05, 0.1) is 11.0 Å². The molecular formula is C22H23BrCl2N8O2S2. The fraction of sp³-hybridized carbons (Fsp3) is 0.182. The highest BCUT2D eigenvalue weighted by Gasteiger charge is 2.14. The Balaban J connectivity index is 0.000000214. The van der Waals surface area contributed by atoms with Gasteiger partial charge in [-0.2, -0.15) is 0 Å². The van der Waals surface area contributed by atoms with E-state index in [0.29, 0.717) is 32.4 Å². The number of carbonyl (C=O) groups excluding carboxylic acids is 2. The summed E-state index contributed by atoms with van der Waals surface area (Å²) in [5.74, 6) is -0.385. The molecule has 0 fully saturated rings. The number of aromatic nitrogens is 4. The molecule has 0 saturated heterocycles. The molecule has 15 heteroatoms. The average molecular weight is 646 g/mol. The SMILES string of the molecule is CNC(=O)c1ncsc1Br.CNC(=O)c1ncsc1Nc1cc(Cl)ncc1C.Cc1cnc(Cl)cc1N. The second kappa shape index (κ2) is 14.8. The third-order valence-corrected chi connectivity index (χ3v) is 7.11. The summed E-state index contributed by atoms with van der Waals surface area (Å²) in [5.41, 5.74) is 13.0. The van der Waals surface area contributed by atoms with Gasteiger partial charge in [-0.05, 0) is 53.0 Å². The van der Waals surface area contributed by atoms with Gasteiger partial charge in [0.2, 0.25) is 0 Å². The molecule has 4 aromatic heterocycles. The molecule has 0 aliphatic heterocycles. The number of amides is 2.